The van der Waals surface area contributed by atoms with Gasteiger partial charge in [-0.05, 0) is 31.5 Å². The minimum atomic E-state index is -3.64. The zero-order valence-electron chi connectivity index (χ0n) is 11.2. The van der Waals surface area contributed by atoms with Crippen LogP contribution in [-0.4, -0.2) is 25.3 Å². The Bertz CT molecular complexity index is 559. The van der Waals surface area contributed by atoms with Crippen molar-refractivity contribution in [1.82, 2.24) is 4.31 Å². The van der Waals surface area contributed by atoms with Crippen molar-refractivity contribution < 1.29 is 8.42 Å². The van der Waals surface area contributed by atoms with Crippen LogP contribution in [0.15, 0.2) is 17.0 Å². The van der Waals surface area contributed by atoms with Crippen LogP contribution in [0.1, 0.15) is 26.3 Å². The molecule has 0 atom stereocenters. The zero-order valence-corrected chi connectivity index (χ0v) is 13.5. The first-order valence-electron chi connectivity index (χ1n) is 5.95. The van der Waals surface area contributed by atoms with E-state index in [-0.39, 0.29) is 22.5 Å². The van der Waals surface area contributed by atoms with E-state index in [1.807, 2.05) is 13.8 Å². The summed E-state index contributed by atoms with van der Waals surface area (Å²) in [6, 6.07) is 2.72. The molecule has 0 saturated heterocycles. The maximum atomic E-state index is 12.6. The second-order valence-electron chi connectivity index (χ2n) is 4.38. The van der Waals surface area contributed by atoms with Crippen molar-refractivity contribution >= 4 is 33.2 Å². The molecule has 0 bridgehead atoms. The molecular weight excluding hydrogens is 307 g/mol. The third kappa shape index (κ3) is 3.41. The highest BCUT2D eigenvalue weighted by atomic mass is 35.5. The van der Waals surface area contributed by atoms with Gasteiger partial charge in [0, 0.05) is 24.2 Å². The molecule has 0 saturated carbocycles. The summed E-state index contributed by atoms with van der Waals surface area (Å²) < 4.78 is 26.5. The van der Waals surface area contributed by atoms with E-state index < -0.39 is 10.0 Å². The quantitative estimate of drug-likeness (QED) is 0.905. The van der Waals surface area contributed by atoms with Crippen LogP contribution >= 0.6 is 23.2 Å². The molecule has 0 heterocycles. The average Bonchev–Trinajstić information content (AvgIpc) is 2.28. The molecule has 0 unspecified atom stereocenters. The topological polar surface area (TPSA) is 63.4 Å². The van der Waals surface area contributed by atoms with Gasteiger partial charge in [-0.2, -0.15) is 4.31 Å². The fraction of sp³-hybridized carbons (Fsp3) is 0.500. The SMILES string of the molecule is CCN(C(C)C)S(=O)(=O)c1cc(CN)c(Cl)cc1Cl. The lowest BCUT2D eigenvalue weighted by molar-refractivity contribution is 0.369. The standard InChI is InChI=1S/C12H18Cl2N2O2S/c1-4-16(8(2)3)19(17,18)12-5-9(7-15)10(13)6-11(12)14/h5-6,8H,4,7,15H2,1-3H3. The van der Waals surface area contributed by atoms with Crippen LogP contribution in [0.3, 0.4) is 0 Å². The molecule has 0 amide bonds. The van der Waals surface area contributed by atoms with Crippen LogP contribution in [0.2, 0.25) is 10.0 Å². The summed E-state index contributed by atoms with van der Waals surface area (Å²) in [7, 11) is -3.64. The molecule has 1 rings (SSSR count). The van der Waals surface area contributed by atoms with Crippen molar-refractivity contribution in [2.24, 2.45) is 5.73 Å². The summed E-state index contributed by atoms with van der Waals surface area (Å²) in [4.78, 5) is 0.0505. The van der Waals surface area contributed by atoms with Gasteiger partial charge in [-0.3, -0.25) is 0 Å². The first kappa shape index (κ1) is 16.7. The van der Waals surface area contributed by atoms with Gasteiger partial charge in [-0.1, -0.05) is 30.1 Å². The Morgan fingerprint density at radius 1 is 1.26 bits per heavy atom. The van der Waals surface area contributed by atoms with Crippen molar-refractivity contribution in [2.45, 2.75) is 38.3 Å². The Labute approximate surface area is 124 Å². The normalized spacial score (nSPS) is 12.4. The summed E-state index contributed by atoms with van der Waals surface area (Å²) in [6.07, 6.45) is 0. The van der Waals surface area contributed by atoms with Gasteiger partial charge < -0.3 is 5.73 Å². The molecule has 0 radical (unpaired) electrons. The molecule has 1 aromatic carbocycles. The van der Waals surface area contributed by atoms with Crippen LogP contribution in [0, 0.1) is 0 Å². The Morgan fingerprint density at radius 2 is 1.84 bits per heavy atom. The third-order valence-electron chi connectivity index (χ3n) is 2.80. The molecule has 0 aliphatic heterocycles. The van der Waals surface area contributed by atoms with Crippen LogP contribution in [-0.2, 0) is 16.6 Å². The monoisotopic (exact) mass is 324 g/mol. The maximum Gasteiger partial charge on any atom is 0.244 e. The molecule has 0 aromatic heterocycles. The van der Waals surface area contributed by atoms with E-state index in [4.69, 9.17) is 28.9 Å². The van der Waals surface area contributed by atoms with Crippen molar-refractivity contribution in [2.75, 3.05) is 6.54 Å². The van der Waals surface area contributed by atoms with Gasteiger partial charge in [0.25, 0.3) is 0 Å². The highest BCUT2D eigenvalue weighted by molar-refractivity contribution is 7.89. The number of benzene rings is 1. The maximum absolute atomic E-state index is 12.6. The van der Waals surface area contributed by atoms with Gasteiger partial charge >= 0.3 is 0 Å². The second kappa shape index (κ2) is 6.41. The number of nitrogens with zero attached hydrogens (tertiary/aromatic N) is 1. The predicted octanol–water partition coefficient (Wildman–Crippen LogP) is 2.87. The van der Waals surface area contributed by atoms with Crippen LogP contribution in [0.4, 0.5) is 0 Å². The fourth-order valence-electron chi connectivity index (χ4n) is 1.86. The summed E-state index contributed by atoms with van der Waals surface area (Å²) in [5, 5.41) is 0.486. The lowest BCUT2D eigenvalue weighted by atomic mass is 10.2. The molecule has 2 N–H and O–H groups in total. The van der Waals surface area contributed by atoms with E-state index in [0.29, 0.717) is 17.1 Å². The van der Waals surface area contributed by atoms with Crippen molar-refractivity contribution in [3.05, 3.63) is 27.7 Å². The van der Waals surface area contributed by atoms with Crippen molar-refractivity contribution in [3.8, 4) is 0 Å². The number of halogens is 2. The summed E-state index contributed by atoms with van der Waals surface area (Å²) >= 11 is 12.0. The molecule has 4 nitrogen and oxygen atoms in total. The van der Waals surface area contributed by atoms with E-state index in [9.17, 15) is 8.42 Å². The minimum Gasteiger partial charge on any atom is -0.326 e. The van der Waals surface area contributed by atoms with E-state index in [1.165, 1.54) is 16.4 Å². The Kier molecular flexibility index (Phi) is 5.65. The van der Waals surface area contributed by atoms with Crippen LogP contribution < -0.4 is 5.73 Å². The van der Waals surface area contributed by atoms with E-state index >= 15 is 0 Å². The molecule has 0 aliphatic rings. The summed E-state index contributed by atoms with van der Waals surface area (Å²) in [5.41, 5.74) is 6.11. The lowest BCUT2D eigenvalue weighted by Crippen LogP contribution is -2.36. The first-order chi connectivity index (χ1) is 8.75. The number of nitrogens with two attached hydrogens (primary N) is 1. The fourth-order valence-corrected chi connectivity index (χ4v) is 4.36. The average molecular weight is 325 g/mol. The van der Waals surface area contributed by atoms with E-state index in [0.717, 1.165) is 0 Å². The molecule has 0 fully saturated rings. The Morgan fingerprint density at radius 3 is 2.26 bits per heavy atom. The lowest BCUT2D eigenvalue weighted by Gasteiger charge is -2.25. The highest BCUT2D eigenvalue weighted by Crippen LogP contribution is 2.31. The Balaban J connectivity index is 3.44. The first-order valence-corrected chi connectivity index (χ1v) is 8.15. The number of hydrogen-bond donors (Lipinski definition) is 1. The molecule has 0 spiro atoms. The van der Waals surface area contributed by atoms with Crippen molar-refractivity contribution in [1.29, 1.82) is 0 Å². The number of sulfonamides is 1. The summed E-state index contributed by atoms with van der Waals surface area (Å²) in [6.45, 7) is 5.94. The Hall–Kier alpha value is -0.330. The smallest absolute Gasteiger partial charge is 0.244 e. The van der Waals surface area contributed by atoms with Crippen molar-refractivity contribution in [3.63, 3.8) is 0 Å². The highest BCUT2D eigenvalue weighted by Gasteiger charge is 2.28. The predicted molar refractivity (Wildman–Crippen MR) is 79.1 cm³/mol. The zero-order chi connectivity index (χ0) is 14.8. The van der Waals surface area contributed by atoms with Gasteiger partial charge in [0.1, 0.15) is 4.90 Å². The van der Waals surface area contributed by atoms with E-state index in [2.05, 4.69) is 0 Å². The number of rotatable bonds is 5. The molecule has 19 heavy (non-hydrogen) atoms. The van der Waals surface area contributed by atoms with Gasteiger partial charge in [-0.15, -0.1) is 0 Å². The van der Waals surface area contributed by atoms with Gasteiger partial charge in [0.15, 0.2) is 0 Å². The van der Waals surface area contributed by atoms with Gasteiger partial charge in [0.2, 0.25) is 10.0 Å². The minimum absolute atomic E-state index is 0.0505. The molecular formula is C12H18Cl2N2O2S. The van der Waals surface area contributed by atoms with Crippen LogP contribution in [0.25, 0.3) is 0 Å². The van der Waals surface area contributed by atoms with Crippen LogP contribution in [0.5, 0.6) is 0 Å². The van der Waals surface area contributed by atoms with E-state index in [1.54, 1.807) is 6.92 Å². The summed E-state index contributed by atoms with van der Waals surface area (Å²) in [5.74, 6) is 0. The largest absolute Gasteiger partial charge is 0.326 e. The number of hydrogen-bond acceptors (Lipinski definition) is 3. The van der Waals surface area contributed by atoms with Gasteiger partial charge in [0.05, 0.1) is 5.02 Å². The molecule has 108 valence electrons. The third-order valence-corrected chi connectivity index (χ3v) is 5.76. The van der Waals surface area contributed by atoms with Gasteiger partial charge in [-0.25, -0.2) is 8.42 Å². The molecule has 7 heteroatoms. The molecule has 1 aromatic rings. The second-order valence-corrected chi connectivity index (χ2v) is 7.05. The molecule has 0 aliphatic carbocycles.